The number of unbranched alkanes of at least 4 members (excludes halogenated alkanes) is 1. The quantitative estimate of drug-likeness (QED) is 0.797. The summed E-state index contributed by atoms with van der Waals surface area (Å²) in [7, 11) is 4.21. The molecule has 14 heavy (non-hydrogen) atoms. The lowest BCUT2D eigenvalue weighted by atomic mass is 10.3. The van der Waals surface area contributed by atoms with Gasteiger partial charge in [-0.05, 0) is 27.1 Å². The van der Waals surface area contributed by atoms with E-state index in [1.165, 1.54) is 19.4 Å². The zero-order valence-electron chi connectivity index (χ0n) is 8.56. The van der Waals surface area contributed by atoms with Crippen LogP contribution in [0.15, 0.2) is 0 Å². The van der Waals surface area contributed by atoms with Gasteiger partial charge in [0.25, 0.3) is 3.79 Å². The van der Waals surface area contributed by atoms with Gasteiger partial charge < -0.3 is 10.0 Å². The maximum Gasteiger partial charge on any atom is 0.356 e. The van der Waals surface area contributed by atoms with Crippen molar-refractivity contribution < 1.29 is 9.90 Å². The highest BCUT2D eigenvalue weighted by molar-refractivity contribution is 6.75. The predicted molar refractivity (Wildman–Crippen MR) is 61.4 cm³/mol. The van der Waals surface area contributed by atoms with Crippen LogP contribution in [-0.4, -0.2) is 40.4 Å². The van der Waals surface area contributed by atoms with Crippen molar-refractivity contribution in [2.45, 2.75) is 23.6 Å². The SMILES string of the molecule is CCCCN(C)C.O=C(O)C(Cl)(Cl)Cl. The van der Waals surface area contributed by atoms with Gasteiger partial charge in [0.2, 0.25) is 0 Å². The molecule has 0 aliphatic heterocycles. The van der Waals surface area contributed by atoms with E-state index in [4.69, 9.17) is 39.9 Å². The minimum absolute atomic E-state index is 1.23. The van der Waals surface area contributed by atoms with E-state index in [-0.39, 0.29) is 0 Å². The Morgan fingerprint density at radius 2 is 1.71 bits per heavy atom. The highest BCUT2D eigenvalue weighted by Crippen LogP contribution is 2.25. The van der Waals surface area contributed by atoms with E-state index >= 15 is 0 Å². The third-order valence-corrected chi connectivity index (χ3v) is 1.69. The van der Waals surface area contributed by atoms with Gasteiger partial charge >= 0.3 is 5.97 Å². The zero-order valence-corrected chi connectivity index (χ0v) is 10.8. The second-order valence-electron chi connectivity index (χ2n) is 2.96. The summed E-state index contributed by atoms with van der Waals surface area (Å²) in [5, 5.41) is 7.85. The number of rotatable bonds is 3. The molecule has 0 saturated carbocycles. The molecule has 1 N–H and O–H groups in total. The fourth-order valence-corrected chi connectivity index (χ4v) is 0.474. The van der Waals surface area contributed by atoms with Crippen molar-refractivity contribution in [3.05, 3.63) is 0 Å². The first-order chi connectivity index (χ1) is 6.21. The molecule has 0 aromatic heterocycles. The van der Waals surface area contributed by atoms with E-state index in [9.17, 15) is 4.79 Å². The van der Waals surface area contributed by atoms with Crippen molar-refractivity contribution in [3.63, 3.8) is 0 Å². The first-order valence-corrected chi connectivity index (χ1v) is 5.30. The Morgan fingerprint density at radius 3 is 1.79 bits per heavy atom. The normalized spacial score (nSPS) is 10.8. The number of aliphatic carboxylic acids is 1. The van der Waals surface area contributed by atoms with Crippen LogP contribution in [0, 0.1) is 0 Å². The number of nitrogens with zero attached hydrogens (tertiary/aromatic N) is 1. The lowest BCUT2D eigenvalue weighted by Crippen LogP contribution is -2.16. The van der Waals surface area contributed by atoms with E-state index in [0.29, 0.717) is 0 Å². The molecule has 0 rings (SSSR count). The number of carboxylic acid groups (broad SMARTS) is 1. The van der Waals surface area contributed by atoms with Crippen LogP contribution in [0.5, 0.6) is 0 Å². The molecule has 0 atom stereocenters. The van der Waals surface area contributed by atoms with E-state index < -0.39 is 9.76 Å². The van der Waals surface area contributed by atoms with E-state index in [2.05, 4.69) is 25.9 Å². The highest BCUT2D eigenvalue weighted by Gasteiger charge is 2.29. The average Bonchev–Trinajstić information content (AvgIpc) is 2.00. The number of halogens is 3. The summed E-state index contributed by atoms with van der Waals surface area (Å²) in [4.78, 5) is 11.8. The van der Waals surface area contributed by atoms with E-state index in [0.717, 1.165) is 0 Å². The lowest BCUT2D eigenvalue weighted by Gasteiger charge is -2.05. The fourth-order valence-electron chi connectivity index (χ4n) is 0.474. The molecule has 0 aromatic carbocycles. The summed E-state index contributed by atoms with van der Waals surface area (Å²) in [6.07, 6.45) is 2.63. The molecule has 0 aliphatic rings. The molecule has 0 amide bonds. The van der Waals surface area contributed by atoms with Crippen molar-refractivity contribution in [1.82, 2.24) is 4.90 Å². The number of carbonyl (C=O) groups is 1. The fraction of sp³-hybridized carbons (Fsp3) is 0.875. The van der Waals surface area contributed by atoms with E-state index in [1.54, 1.807) is 0 Å². The van der Waals surface area contributed by atoms with Crippen molar-refractivity contribution >= 4 is 40.8 Å². The molecule has 0 aliphatic carbocycles. The van der Waals surface area contributed by atoms with E-state index in [1.807, 2.05) is 0 Å². The van der Waals surface area contributed by atoms with Gasteiger partial charge in [-0.15, -0.1) is 0 Å². The Kier molecular flexibility index (Phi) is 10.3. The first kappa shape index (κ1) is 16.7. The van der Waals surface area contributed by atoms with Gasteiger partial charge in [-0.25, -0.2) is 4.79 Å². The Morgan fingerprint density at radius 1 is 1.36 bits per heavy atom. The third kappa shape index (κ3) is 14.8. The number of hydrogen-bond donors (Lipinski definition) is 1. The maximum atomic E-state index is 9.62. The molecule has 0 heterocycles. The van der Waals surface area contributed by atoms with Crippen LogP contribution < -0.4 is 0 Å². The van der Waals surface area contributed by atoms with Crippen LogP contribution in [0.1, 0.15) is 19.8 Å². The largest absolute Gasteiger partial charge is 0.478 e. The molecule has 0 radical (unpaired) electrons. The van der Waals surface area contributed by atoms with Crippen LogP contribution in [0.25, 0.3) is 0 Å². The Hall–Kier alpha value is 0.300. The van der Waals surface area contributed by atoms with Gasteiger partial charge in [-0.3, -0.25) is 0 Å². The number of alkyl halides is 3. The van der Waals surface area contributed by atoms with Crippen LogP contribution in [0.4, 0.5) is 0 Å². The molecule has 6 heteroatoms. The monoisotopic (exact) mass is 263 g/mol. The molecular formula is C8H16Cl3NO2. The topological polar surface area (TPSA) is 40.5 Å². The van der Waals surface area contributed by atoms with Crippen molar-refractivity contribution in [2.24, 2.45) is 0 Å². The summed E-state index contributed by atoms with van der Waals surface area (Å²) in [5.74, 6) is -1.46. The van der Waals surface area contributed by atoms with Gasteiger partial charge in [0, 0.05) is 0 Å². The number of hydrogen-bond acceptors (Lipinski definition) is 2. The molecule has 86 valence electrons. The van der Waals surface area contributed by atoms with Gasteiger partial charge in [-0.2, -0.15) is 0 Å². The van der Waals surface area contributed by atoms with Crippen LogP contribution >= 0.6 is 34.8 Å². The summed E-state index contributed by atoms with van der Waals surface area (Å²) in [5.41, 5.74) is 0. The van der Waals surface area contributed by atoms with Gasteiger partial charge in [0.1, 0.15) is 0 Å². The molecule has 0 unspecified atom stereocenters. The minimum atomic E-state index is -2.17. The first-order valence-electron chi connectivity index (χ1n) is 4.16. The summed E-state index contributed by atoms with van der Waals surface area (Å²) in [6, 6.07) is 0. The van der Waals surface area contributed by atoms with Crippen molar-refractivity contribution in [3.8, 4) is 0 Å². The summed E-state index contributed by atoms with van der Waals surface area (Å²) >= 11 is 14.4. The molecule has 3 nitrogen and oxygen atoms in total. The third-order valence-electron chi connectivity index (χ3n) is 1.20. The van der Waals surface area contributed by atoms with Gasteiger partial charge in [0.15, 0.2) is 0 Å². The zero-order chi connectivity index (χ0) is 11.8. The second kappa shape index (κ2) is 8.60. The Balaban J connectivity index is 0. The van der Waals surface area contributed by atoms with Gasteiger partial charge in [0.05, 0.1) is 0 Å². The average molecular weight is 265 g/mol. The van der Waals surface area contributed by atoms with Crippen LogP contribution in [-0.2, 0) is 4.79 Å². The number of carboxylic acids is 1. The lowest BCUT2D eigenvalue weighted by molar-refractivity contribution is -0.135. The summed E-state index contributed by atoms with van der Waals surface area (Å²) < 4.78 is -2.17. The second-order valence-corrected chi connectivity index (χ2v) is 5.24. The molecule has 0 fully saturated rings. The Bertz CT molecular complexity index is 157. The standard InChI is InChI=1S/C6H15N.C2HCl3O2/c1-4-5-6-7(2)3;3-2(4,5)1(6)7/h4-6H2,1-3H3;(H,6,7). The smallest absolute Gasteiger partial charge is 0.356 e. The van der Waals surface area contributed by atoms with Crippen LogP contribution in [0.2, 0.25) is 0 Å². The molecule has 0 spiro atoms. The predicted octanol–water partition coefficient (Wildman–Crippen LogP) is 2.79. The Labute approximate surface area is 99.9 Å². The molecular weight excluding hydrogens is 248 g/mol. The van der Waals surface area contributed by atoms with Crippen molar-refractivity contribution in [2.75, 3.05) is 20.6 Å². The molecule has 0 saturated heterocycles. The van der Waals surface area contributed by atoms with Gasteiger partial charge in [-0.1, -0.05) is 48.1 Å². The molecule has 0 bridgehead atoms. The summed E-state index contributed by atoms with van der Waals surface area (Å²) in [6.45, 7) is 3.44. The molecule has 0 aromatic rings. The minimum Gasteiger partial charge on any atom is -0.478 e. The van der Waals surface area contributed by atoms with Crippen molar-refractivity contribution in [1.29, 1.82) is 0 Å². The highest BCUT2D eigenvalue weighted by atomic mass is 35.6. The van der Waals surface area contributed by atoms with Crippen LogP contribution in [0.3, 0.4) is 0 Å². The maximum absolute atomic E-state index is 9.62.